The van der Waals surface area contributed by atoms with E-state index < -0.39 is 0 Å². The van der Waals surface area contributed by atoms with E-state index in [9.17, 15) is 0 Å². The highest BCUT2D eigenvalue weighted by Gasteiger charge is 2.21. The number of hydrogen-bond donors (Lipinski definition) is 1. The normalized spacial score (nSPS) is 14.6. The second kappa shape index (κ2) is 5.26. The quantitative estimate of drug-likeness (QED) is 0.907. The first-order valence-corrected chi connectivity index (χ1v) is 6.91. The average Bonchev–Trinajstić information content (AvgIpc) is 3.12. The third-order valence-corrected chi connectivity index (χ3v) is 3.45. The SMILES string of the molecule is COc1cc(Br)cc(-n2nnnc2CNC2CC2)c1. The van der Waals surface area contributed by atoms with Gasteiger partial charge in [0.25, 0.3) is 0 Å². The zero-order chi connectivity index (χ0) is 13.2. The molecule has 6 nitrogen and oxygen atoms in total. The fourth-order valence-corrected chi connectivity index (χ4v) is 2.29. The predicted molar refractivity (Wildman–Crippen MR) is 73.3 cm³/mol. The standard InChI is InChI=1S/C12H14BrN5O/c1-19-11-5-8(13)4-10(6-11)18-12(15-16-17-18)7-14-9-2-3-9/h4-6,9,14H,2-3,7H2,1H3. The van der Waals surface area contributed by atoms with Crippen LogP contribution in [-0.2, 0) is 6.54 Å². The van der Waals surface area contributed by atoms with Crippen molar-refractivity contribution in [3.8, 4) is 11.4 Å². The molecule has 1 aromatic heterocycles. The molecule has 1 saturated carbocycles. The third kappa shape index (κ3) is 2.93. The van der Waals surface area contributed by atoms with Crippen molar-refractivity contribution in [2.24, 2.45) is 0 Å². The van der Waals surface area contributed by atoms with Crippen LogP contribution < -0.4 is 10.1 Å². The summed E-state index contributed by atoms with van der Waals surface area (Å²) in [6, 6.07) is 6.39. The zero-order valence-electron chi connectivity index (χ0n) is 10.5. The molecule has 100 valence electrons. The minimum absolute atomic E-state index is 0.627. The first-order chi connectivity index (χ1) is 9.26. The molecule has 1 heterocycles. The highest BCUT2D eigenvalue weighted by molar-refractivity contribution is 9.10. The van der Waals surface area contributed by atoms with Gasteiger partial charge in [-0.15, -0.1) is 5.10 Å². The average molecular weight is 324 g/mol. The molecule has 3 rings (SSSR count). The summed E-state index contributed by atoms with van der Waals surface area (Å²) in [5, 5.41) is 15.3. The van der Waals surface area contributed by atoms with Crippen molar-refractivity contribution >= 4 is 15.9 Å². The molecule has 0 saturated heterocycles. The van der Waals surface area contributed by atoms with Gasteiger partial charge in [0.2, 0.25) is 0 Å². The number of hydrogen-bond acceptors (Lipinski definition) is 5. The van der Waals surface area contributed by atoms with Gasteiger partial charge in [0.1, 0.15) is 5.75 Å². The van der Waals surface area contributed by atoms with E-state index in [1.165, 1.54) is 12.8 Å². The molecule has 1 N–H and O–H groups in total. The van der Waals surface area contributed by atoms with E-state index in [2.05, 4.69) is 36.8 Å². The lowest BCUT2D eigenvalue weighted by molar-refractivity contribution is 0.414. The van der Waals surface area contributed by atoms with Gasteiger partial charge < -0.3 is 10.1 Å². The van der Waals surface area contributed by atoms with Crippen LogP contribution in [0.3, 0.4) is 0 Å². The van der Waals surface area contributed by atoms with Gasteiger partial charge >= 0.3 is 0 Å². The Balaban J connectivity index is 1.87. The van der Waals surface area contributed by atoms with Crippen LogP contribution >= 0.6 is 15.9 Å². The van der Waals surface area contributed by atoms with Gasteiger partial charge in [-0.05, 0) is 35.4 Å². The number of benzene rings is 1. The third-order valence-electron chi connectivity index (χ3n) is 3.00. The Kier molecular flexibility index (Phi) is 3.48. The maximum atomic E-state index is 5.25. The maximum absolute atomic E-state index is 5.25. The van der Waals surface area contributed by atoms with Crippen molar-refractivity contribution in [3.05, 3.63) is 28.5 Å². The van der Waals surface area contributed by atoms with Gasteiger partial charge in [0, 0.05) is 16.6 Å². The molecule has 1 aromatic carbocycles. The minimum Gasteiger partial charge on any atom is -0.497 e. The van der Waals surface area contributed by atoms with Gasteiger partial charge in [-0.3, -0.25) is 0 Å². The van der Waals surface area contributed by atoms with Crippen LogP contribution in [0.15, 0.2) is 22.7 Å². The van der Waals surface area contributed by atoms with E-state index in [0.717, 1.165) is 21.7 Å². The largest absolute Gasteiger partial charge is 0.497 e. The number of tetrazole rings is 1. The monoisotopic (exact) mass is 323 g/mol. The molecule has 0 amide bonds. The summed E-state index contributed by atoms with van der Waals surface area (Å²) in [6.45, 7) is 0.673. The minimum atomic E-state index is 0.627. The van der Waals surface area contributed by atoms with Crippen LogP contribution in [0, 0.1) is 0 Å². The lowest BCUT2D eigenvalue weighted by atomic mass is 10.3. The smallest absolute Gasteiger partial charge is 0.170 e. The summed E-state index contributed by atoms with van der Waals surface area (Å²) in [7, 11) is 1.64. The number of aromatic nitrogens is 4. The fourth-order valence-electron chi connectivity index (χ4n) is 1.83. The Hall–Kier alpha value is -1.47. The number of nitrogens with one attached hydrogen (secondary N) is 1. The molecule has 0 atom stereocenters. The Labute approximate surface area is 119 Å². The molecular weight excluding hydrogens is 310 g/mol. The van der Waals surface area contributed by atoms with Crippen LogP contribution in [0.4, 0.5) is 0 Å². The zero-order valence-corrected chi connectivity index (χ0v) is 12.1. The molecule has 0 bridgehead atoms. The van der Waals surface area contributed by atoms with Crippen molar-refractivity contribution in [3.63, 3.8) is 0 Å². The van der Waals surface area contributed by atoms with E-state index in [-0.39, 0.29) is 0 Å². The molecule has 0 unspecified atom stereocenters. The molecule has 1 fully saturated rings. The van der Waals surface area contributed by atoms with E-state index in [1.807, 2.05) is 18.2 Å². The predicted octanol–water partition coefficient (Wildman–Crippen LogP) is 1.69. The molecule has 1 aliphatic carbocycles. The van der Waals surface area contributed by atoms with Crippen molar-refractivity contribution in [2.75, 3.05) is 7.11 Å². The van der Waals surface area contributed by atoms with Crippen LogP contribution in [0.5, 0.6) is 5.75 Å². The number of halogens is 1. The Morgan fingerprint density at radius 2 is 2.26 bits per heavy atom. The highest BCUT2D eigenvalue weighted by Crippen LogP contribution is 2.24. The Morgan fingerprint density at radius 3 is 3.00 bits per heavy atom. The lowest BCUT2D eigenvalue weighted by Crippen LogP contribution is -2.18. The number of ether oxygens (including phenoxy) is 1. The topological polar surface area (TPSA) is 64.9 Å². The molecule has 2 aromatic rings. The summed E-state index contributed by atoms with van der Waals surface area (Å²) in [4.78, 5) is 0. The Morgan fingerprint density at radius 1 is 1.42 bits per heavy atom. The van der Waals surface area contributed by atoms with Crippen LogP contribution in [0.2, 0.25) is 0 Å². The fraction of sp³-hybridized carbons (Fsp3) is 0.417. The Bertz CT molecular complexity index is 581. The summed E-state index contributed by atoms with van der Waals surface area (Å²) >= 11 is 3.46. The second-order valence-corrected chi connectivity index (χ2v) is 5.43. The van der Waals surface area contributed by atoms with E-state index >= 15 is 0 Å². The first kappa shape index (κ1) is 12.6. The first-order valence-electron chi connectivity index (χ1n) is 6.12. The number of methoxy groups -OCH3 is 1. The number of nitrogens with zero attached hydrogens (tertiary/aromatic N) is 4. The summed E-state index contributed by atoms with van der Waals surface area (Å²) in [5.74, 6) is 1.56. The van der Waals surface area contributed by atoms with Gasteiger partial charge in [0.15, 0.2) is 5.82 Å². The molecule has 7 heteroatoms. The van der Waals surface area contributed by atoms with E-state index in [4.69, 9.17) is 4.74 Å². The lowest BCUT2D eigenvalue weighted by Gasteiger charge is -2.08. The maximum Gasteiger partial charge on any atom is 0.170 e. The molecule has 19 heavy (non-hydrogen) atoms. The van der Waals surface area contributed by atoms with E-state index in [1.54, 1.807) is 11.8 Å². The van der Waals surface area contributed by atoms with Crippen molar-refractivity contribution in [1.82, 2.24) is 25.5 Å². The van der Waals surface area contributed by atoms with E-state index in [0.29, 0.717) is 12.6 Å². The number of rotatable bonds is 5. The molecule has 0 aliphatic heterocycles. The van der Waals surface area contributed by atoms with Crippen molar-refractivity contribution < 1.29 is 4.74 Å². The van der Waals surface area contributed by atoms with Gasteiger partial charge in [0.05, 0.1) is 19.3 Å². The highest BCUT2D eigenvalue weighted by atomic mass is 79.9. The second-order valence-electron chi connectivity index (χ2n) is 4.51. The molecule has 0 spiro atoms. The van der Waals surface area contributed by atoms with Crippen LogP contribution in [-0.4, -0.2) is 33.4 Å². The molecular formula is C12H14BrN5O. The molecule has 0 radical (unpaired) electrons. The summed E-state index contributed by atoms with van der Waals surface area (Å²) < 4.78 is 7.91. The molecule has 1 aliphatic rings. The van der Waals surface area contributed by atoms with Gasteiger partial charge in [-0.2, -0.15) is 4.68 Å². The summed E-state index contributed by atoms with van der Waals surface area (Å²) in [5.41, 5.74) is 0.879. The summed E-state index contributed by atoms with van der Waals surface area (Å²) in [6.07, 6.45) is 2.48. The van der Waals surface area contributed by atoms with Crippen LogP contribution in [0.1, 0.15) is 18.7 Å². The van der Waals surface area contributed by atoms with Crippen molar-refractivity contribution in [2.45, 2.75) is 25.4 Å². The van der Waals surface area contributed by atoms with Crippen LogP contribution in [0.25, 0.3) is 5.69 Å². The van der Waals surface area contributed by atoms with Gasteiger partial charge in [-0.25, -0.2) is 0 Å². The van der Waals surface area contributed by atoms with Gasteiger partial charge in [-0.1, -0.05) is 15.9 Å². The van der Waals surface area contributed by atoms with Crippen molar-refractivity contribution in [1.29, 1.82) is 0 Å².